The Morgan fingerprint density at radius 1 is 1.53 bits per heavy atom. The van der Waals surface area contributed by atoms with Gasteiger partial charge in [0.2, 0.25) is 0 Å². The number of Topliss-reactive ketones (excluding diaryl/α,β-unsaturated/α-hetero) is 1. The summed E-state index contributed by atoms with van der Waals surface area (Å²) in [4.78, 5) is 11.4. The van der Waals surface area contributed by atoms with Crippen LogP contribution in [0.3, 0.4) is 0 Å². The highest BCUT2D eigenvalue weighted by atomic mass is 35.5. The van der Waals surface area contributed by atoms with Crippen molar-refractivity contribution >= 4 is 17.4 Å². The molecule has 1 nitrogen and oxygen atoms in total. The molecule has 1 aliphatic rings. The SMILES string of the molecule is CC(=O)C1(Cc2c(F)cccc2Cl)CC1. The maximum absolute atomic E-state index is 13.5. The van der Waals surface area contributed by atoms with Crippen molar-refractivity contribution in [3.63, 3.8) is 0 Å². The fourth-order valence-corrected chi connectivity index (χ4v) is 2.07. The molecule has 15 heavy (non-hydrogen) atoms. The molecule has 0 unspecified atom stereocenters. The van der Waals surface area contributed by atoms with Gasteiger partial charge in [0.1, 0.15) is 11.6 Å². The predicted octanol–water partition coefficient (Wildman–Crippen LogP) is 3.39. The Balaban J connectivity index is 2.29. The highest BCUT2D eigenvalue weighted by molar-refractivity contribution is 6.31. The van der Waals surface area contributed by atoms with E-state index in [0.717, 1.165) is 12.8 Å². The van der Waals surface area contributed by atoms with E-state index in [0.29, 0.717) is 17.0 Å². The molecule has 0 N–H and O–H groups in total. The summed E-state index contributed by atoms with van der Waals surface area (Å²) in [5.74, 6) is -0.170. The van der Waals surface area contributed by atoms with Gasteiger partial charge in [-0.15, -0.1) is 0 Å². The molecule has 0 heterocycles. The second-order valence-corrected chi connectivity index (χ2v) is 4.62. The average molecular weight is 227 g/mol. The molecular weight excluding hydrogens is 215 g/mol. The summed E-state index contributed by atoms with van der Waals surface area (Å²) in [6.07, 6.45) is 2.15. The summed E-state index contributed by atoms with van der Waals surface area (Å²) in [5.41, 5.74) is 0.151. The lowest BCUT2D eigenvalue weighted by molar-refractivity contribution is -0.121. The van der Waals surface area contributed by atoms with Crippen molar-refractivity contribution in [3.8, 4) is 0 Å². The molecule has 0 amide bonds. The molecule has 0 spiro atoms. The molecule has 0 aliphatic heterocycles. The van der Waals surface area contributed by atoms with Gasteiger partial charge >= 0.3 is 0 Å². The van der Waals surface area contributed by atoms with E-state index in [1.807, 2.05) is 0 Å². The van der Waals surface area contributed by atoms with Crippen molar-refractivity contribution < 1.29 is 9.18 Å². The first-order valence-electron chi connectivity index (χ1n) is 4.99. The fourth-order valence-electron chi connectivity index (χ4n) is 1.84. The zero-order valence-corrected chi connectivity index (χ0v) is 9.27. The summed E-state index contributed by atoms with van der Waals surface area (Å²) in [6, 6.07) is 4.63. The van der Waals surface area contributed by atoms with Gasteiger partial charge in [0, 0.05) is 16.0 Å². The van der Waals surface area contributed by atoms with Crippen LogP contribution in [0.5, 0.6) is 0 Å². The van der Waals surface area contributed by atoms with E-state index in [-0.39, 0.29) is 17.0 Å². The molecular formula is C12H12ClFO. The Morgan fingerprint density at radius 2 is 2.20 bits per heavy atom. The summed E-state index contributed by atoms with van der Waals surface area (Å²) < 4.78 is 13.5. The van der Waals surface area contributed by atoms with Gasteiger partial charge in [-0.3, -0.25) is 4.79 Å². The molecule has 1 aromatic rings. The third kappa shape index (κ3) is 1.91. The first-order valence-corrected chi connectivity index (χ1v) is 5.37. The van der Waals surface area contributed by atoms with Gasteiger partial charge < -0.3 is 0 Å². The normalized spacial score (nSPS) is 17.5. The number of rotatable bonds is 3. The van der Waals surface area contributed by atoms with Crippen molar-refractivity contribution in [2.75, 3.05) is 0 Å². The standard InChI is InChI=1S/C12H12ClFO/c1-8(15)12(5-6-12)7-9-10(13)3-2-4-11(9)14/h2-4H,5-7H2,1H3. The van der Waals surface area contributed by atoms with Crippen LogP contribution in [0.2, 0.25) is 5.02 Å². The van der Waals surface area contributed by atoms with Crippen molar-refractivity contribution in [3.05, 3.63) is 34.6 Å². The number of ketones is 1. The maximum Gasteiger partial charge on any atom is 0.136 e. The lowest BCUT2D eigenvalue weighted by atomic mass is 9.92. The summed E-state index contributed by atoms with van der Waals surface area (Å²) in [7, 11) is 0. The Labute approximate surface area is 93.2 Å². The summed E-state index contributed by atoms with van der Waals surface area (Å²) in [6.45, 7) is 1.57. The lowest BCUT2D eigenvalue weighted by Gasteiger charge is -2.12. The highest BCUT2D eigenvalue weighted by Gasteiger charge is 2.47. The van der Waals surface area contributed by atoms with Gasteiger partial charge in [-0.05, 0) is 38.3 Å². The average Bonchev–Trinajstić information content (AvgIpc) is 2.93. The zero-order chi connectivity index (χ0) is 11.1. The predicted molar refractivity (Wildman–Crippen MR) is 57.5 cm³/mol. The Morgan fingerprint density at radius 3 is 2.67 bits per heavy atom. The zero-order valence-electron chi connectivity index (χ0n) is 8.52. The fraction of sp³-hybridized carbons (Fsp3) is 0.417. The number of hydrogen-bond donors (Lipinski definition) is 0. The van der Waals surface area contributed by atoms with Crippen LogP contribution in [0.25, 0.3) is 0 Å². The van der Waals surface area contributed by atoms with Crippen LogP contribution in [0.1, 0.15) is 25.3 Å². The van der Waals surface area contributed by atoms with Crippen molar-refractivity contribution in [2.24, 2.45) is 5.41 Å². The van der Waals surface area contributed by atoms with Crippen LogP contribution in [0, 0.1) is 11.2 Å². The van der Waals surface area contributed by atoms with Gasteiger partial charge in [0.05, 0.1) is 0 Å². The van der Waals surface area contributed by atoms with Crippen LogP contribution in [-0.4, -0.2) is 5.78 Å². The first-order chi connectivity index (χ1) is 7.05. The first kappa shape index (κ1) is 10.6. The molecule has 0 bridgehead atoms. The molecule has 0 atom stereocenters. The Kier molecular flexibility index (Phi) is 2.55. The van der Waals surface area contributed by atoms with E-state index in [4.69, 9.17) is 11.6 Å². The van der Waals surface area contributed by atoms with Gasteiger partial charge in [0.25, 0.3) is 0 Å². The van der Waals surface area contributed by atoms with Crippen LogP contribution < -0.4 is 0 Å². The van der Waals surface area contributed by atoms with E-state index in [1.165, 1.54) is 6.07 Å². The number of carbonyl (C=O) groups excluding carboxylic acids is 1. The molecule has 0 saturated heterocycles. The molecule has 1 aromatic carbocycles. The van der Waals surface area contributed by atoms with E-state index >= 15 is 0 Å². The van der Waals surface area contributed by atoms with Gasteiger partial charge in [-0.2, -0.15) is 0 Å². The number of carbonyl (C=O) groups is 1. The molecule has 80 valence electrons. The molecule has 3 heteroatoms. The third-order valence-corrected chi connectivity index (χ3v) is 3.53. The number of benzene rings is 1. The van der Waals surface area contributed by atoms with Gasteiger partial charge in [0.15, 0.2) is 0 Å². The van der Waals surface area contributed by atoms with E-state index < -0.39 is 0 Å². The molecule has 1 aliphatic carbocycles. The lowest BCUT2D eigenvalue weighted by Crippen LogP contribution is -2.16. The van der Waals surface area contributed by atoms with Crippen LogP contribution in [0.15, 0.2) is 18.2 Å². The quantitative estimate of drug-likeness (QED) is 0.772. The topological polar surface area (TPSA) is 17.1 Å². The van der Waals surface area contributed by atoms with Gasteiger partial charge in [-0.25, -0.2) is 4.39 Å². The van der Waals surface area contributed by atoms with E-state index in [1.54, 1.807) is 19.1 Å². The highest BCUT2D eigenvalue weighted by Crippen LogP contribution is 2.50. The number of hydrogen-bond acceptors (Lipinski definition) is 1. The minimum absolute atomic E-state index is 0.141. The Hall–Kier alpha value is -0.890. The van der Waals surface area contributed by atoms with Gasteiger partial charge in [-0.1, -0.05) is 17.7 Å². The molecule has 1 fully saturated rings. The molecule has 0 aromatic heterocycles. The monoisotopic (exact) mass is 226 g/mol. The third-order valence-electron chi connectivity index (χ3n) is 3.18. The smallest absolute Gasteiger partial charge is 0.136 e. The molecule has 1 saturated carbocycles. The largest absolute Gasteiger partial charge is 0.299 e. The van der Waals surface area contributed by atoms with Crippen molar-refractivity contribution in [1.29, 1.82) is 0 Å². The molecule has 0 radical (unpaired) electrons. The van der Waals surface area contributed by atoms with Crippen LogP contribution in [0.4, 0.5) is 4.39 Å². The maximum atomic E-state index is 13.5. The van der Waals surface area contributed by atoms with Crippen molar-refractivity contribution in [2.45, 2.75) is 26.2 Å². The number of halogens is 2. The van der Waals surface area contributed by atoms with E-state index in [9.17, 15) is 9.18 Å². The van der Waals surface area contributed by atoms with E-state index in [2.05, 4.69) is 0 Å². The summed E-state index contributed by atoms with van der Waals surface area (Å²) in [5, 5.41) is 0.419. The van der Waals surface area contributed by atoms with Crippen molar-refractivity contribution in [1.82, 2.24) is 0 Å². The second kappa shape index (κ2) is 3.60. The van der Waals surface area contributed by atoms with Crippen LogP contribution >= 0.6 is 11.6 Å². The Bertz CT molecular complexity index is 390. The minimum Gasteiger partial charge on any atom is -0.299 e. The minimum atomic E-state index is -0.328. The van der Waals surface area contributed by atoms with Crippen LogP contribution in [-0.2, 0) is 11.2 Å². The molecule has 2 rings (SSSR count). The second-order valence-electron chi connectivity index (χ2n) is 4.21. The summed E-state index contributed by atoms with van der Waals surface area (Å²) >= 11 is 5.92.